The summed E-state index contributed by atoms with van der Waals surface area (Å²) in [6.45, 7) is 2.00. The molecule has 0 aromatic heterocycles. The van der Waals surface area contributed by atoms with Crippen LogP contribution in [0.5, 0.6) is 0 Å². The van der Waals surface area contributed by atoms with Crippen LogP contribution in [0.2, 0.25) is 0 Å². The molecule has 0 aromatic carbocycles. The lowest BCUT2D eigenvalue weighted by Gasteiger charge is -1.89. The van der Waals surface area contributed by atoms with Crippen LogP contribution >= 0.6 is 0 Å². The van der Waals surface area contributed by atoms with Crippen molar-refractivity contribution in [1.82, 2.24) is 0 Å². The van der Waals surface area contributed by atoms with Gasteiger partial charge in [-0.2, -0.15) is 8.42 Å². The molecule has 5 nitrogen and oxygen atoms in total. The highest BCUT2D eigenvalue weighted by molar-refractivity contribution is 7.80. The van der Waals surface area contributed by atoms with Crippen molar-refractivity contribution in [2.45, 2.75) is 26.2 Å². The Bertz CT molecular complexity index is 257. The van der Waals surface area contributed by atoms with Gasteiger partial charge in [-0.25, -0.2) is 0 Å². The highest BCUT2D eigenvalue weighted by Crippen LogP contribution is 1.91. The fourth-order valence-corrected chi connectivity index (χ4v) is 0.526. The Balaban J connectivity index is 3.47. The average Bonchev–Trinajstić information content (AvgIpc) is 1.94. The summed E-state index contributed by atoms with van der Waals surface area (Å²) in [5.74, 6) is 2.49. The molecular formula is C6H10O5S. The highest BCUT2D eigenvalue weighted by Gasteiger charge is 2.03. The Labute approximate surface area is 71.6 Å². The number of hydrogen-bond acceptors (Lipinski definition) is 4. The standard InChI is InChI=1S/C6H10O5S/c1-2-3-4-5-6-10-11-12(7,8)9/h2-4H2,1H3,(H,7,8,9). The SMILES string of the molecule is CCCCC#COOS(=O)(=O)O. The molecule has 1 N–H and O–H groups in total. The highest BCUT2D eigenvalue weighted by atomic mass is 32.3. The zero-order chi connectivity index (χ0) is 9.45. The minimum atomic E-state index is -4.54. The Morgan fingerprint density at radius 3 is 2.67 bits per heavy atom. The van der Waals surface area contributed by atoms with Gasteiger partial charge >= 0.3 is 10.4 Å². The maximum absolute atomic E-state index is 9.86. The topological polar surface area (TPSA) is 72.8 Å². The number of unbranched alkanes of at least 4 members (excludes halogenated alkanes) is 2. The molecule has 12 heavy (non-hydrogen) atoms. The minimum absolute atomic E-state index is 0.603. The summed E-state index contributed by atoms with van der Waals surface area (Å²) in [7, 11) is -4.54. The van der Waals surface area contributed by atoms with Gasteiger partial charge in [0.2, 0.25) is 0 Å². The molecule has 0 bridgehead atoms. The van der Waals surface area contributed by atoms with Gasteiger partial charge in [0.25, 0.3) is 0 Å². The first kappa shape index (κ1) is 11.2. The van der Waals surface area contributed by atoms with Gasteiger partial charge in [-0.1, -0.05) is 19.3 Å². The molecule has 0 atom stereocenters. The third-order valence-electron chi connectivity index (χ3n) is 0.889. The second-order valence-electron chi connectivity index (χ2n) is 1.96. The van der Waals surface area contributed by atoms with E-state index in [1.54, 1.807) is 0 Å². The molecule has 0 saturated carbocycles. The van der Waals surface area contributed by atoms with E-state index in [0.29, 0.717) is 6.42 Å². The third kappa shape index (κ3) is 9.23. The molecule has 0 aromatic rings. The fraction of sp³-hybridized carbons (Fsp3) is 0.667. The van der Waals surface area contributed by atoms with Gasteiger partial charge in [0.15, 0.2) is 6.11 Å². The lowest BCUT2D eigenvalue weighted by Crippen LogP contribution is -2.01. The molecule has 0 unspecified atom stereocenters. The van der Waals surface area contributed by atoms with E-state index < -0.39 is 10.4 Å². The van der Waals surface area contributed by atoms with Crippen molar-refractivity contribution in [3.05, 3.63) is 0 Å². The van der Waals surface area contributed by atoms with Gasteiger partial charge in [-0.3, -0.25) is 9.44 Å². The summed E-state index contributed by atoms with van der Waals surface area (Å²) in [6.07, 6.45) is 4.47. The quantitative estimate of drug-likeness (QED) is 0.236. The Morgan fingerprint density at radius 2 is 2.17 bits per heavy atom. The molecule has 0 aliphatic heterocycles. The molecular weight excluding hydrogens is 184 g/mol. The third-order valence-corrected chi connectivity index (χ3v) is 1.13. The van der Waals surface area contributed by atoms with Crippen LogP contribution in [0.3, 0.4) is 0 Å². The van der Waals surface area contributed by atoms with Crippen LogP contribution in [-0.4, -0.2) is 13.0 Å². The fourth-order valence-electron chi connectivity index (χ4n) is 0.406. The van der Waals surface area contributed by atoms with Crippen molar-refractivity contribution in [3.63, 3.8) is 0 Å². The van der Waals surface area contributed by atoms with Gasteiger partial charge in [0.1, 0.15) is 0 Å². The van der Waals surface area contributed by atoms with E-state index in [1.165, 1.54) is 0 Å². The number of rotatable bonds is 4. The lowest BCUT2D eigenvalue weighted by molar-refractivity contribution is -0.135. The predicted molar refractivity (Wildman–Crippen MR) is 41.0 cm³/mol. The smallest absolute Gasteiger partial charge is 0.264 e. The van der Waals surface area contributed by atoms with Gasteiger partial charge in [0, 0.05) is 6.42 Å². The monoisotopic (exact) mass is 194 g/mol. The Kier molecular flexibility index (Phi) is 5.45. The van der Waals surface area contributed by atoms with Crippen LogP contribution in [0, 0.1) is 12.0 Å². The average molecular weight is 194 g/mol. The van der Waals surface area contributed by atoms with Crippen molar-refractivity contribution in [3.8, 4) is 12.0 Å². The van der Waals surface area contributed by atoms with Crippen LogP contribution in [0.1, 0.15) is 26.2 Å². The molecule has 0 fully saturated rings. The zero-order valence-corrected chi connectivity index (χ0v) is 7.43. The van der Waals surface area contributed by atoms with E-state index in [0.717, 1.165) is 12.8 Å². The molecule has 70 valence electrons. The molecule has 0 amide bonds. The first-order valence-corrected chi connectivity index (χ1v) is 4.73. The summed E-state index contributed by atoms with van der Waals surface area (Å²) < 4.78 is 31.2. The van der Waals surface area contributed by atoms with Gasteiger partial charge in [-0.15, -0.1) is 0 Å². The molecule has 0 saturated heterocycles. The van der Waals surface area contributed by atoms with E-state index >= 15 is 0 Å². The normalized spacial score (nSPS) is 10.2. The van der Waals surface area contributed by atoms with Gasteiger partial charge in [-0.05, 0) is 10.8 Å². The number of hydrogen-bond donors (Lipinski definition) is 1. The minimum Gasteiger partial charge on any atom is -0.264 e. The molecule has 6 heteroatoms. The largest absolute Gasteiger partial charge is 0.433 e. The van der Waals surface area contributed by atoms with Crippen molar-refractivity contribution < 1.29 is 22.2 Å². The van der Waals surface area contributed by atoms with E-state index in [9.17, 15) is 8.42 Å². The molecule has 0 spiro atoms. The molecule has 0 heterocycles. The van der Waals surface area contributed by atoms with Crippen molar-refractivity contribution in [1.29, 1.82) is 0 Å². The maximum Gasteiger partial charge on any atom is 0.433 e. The van der Waals surface area contributed by atoms with E-state index in [-0.39, 0.29) is 0 Å². The van der Waals surface area contributed by atoms with E-state index in [1.807, 2.05) is 13.0 Å². The van der Waals surface area contributed by atoms with Crippen molar-refractivity contribution in [2.24, 2.45) is 0 Å². The summed E-state index contributed by atoms with van der Waals surface area (Å²) in [4.78, 5) is 3.85. The lowest BCUT2D eigenvalue weighted by atomic mass is 10.3. The van der Waals surface area contributed by atoms with Gasteiger partial charge < -0.3 is 0 Å². The predicted octanol–water partition coefficient (Wildman–Crippen LogP) is 0.889. The summed E-state index contributed by atoms with van der Waals surface area (Å²) in [6, 6.07) is 0. The van der Waals surface area contributed by atoms with Crippen LogP contribution in [0.25, 0.3) is 0 Å². The maximum atomic E-state index is 9.86. The van der Waals surface area contributed by atoms with Crippen LogP contribution < -0.4 is 0 Å². The van der Waals surface area contributed by atoms with E-state index in [4.69, 9.17) is 4.55 Å². The molecule has 0 aliphatic carbocycles. The Hall–Kier alpha value is -0.770. The van der Waals surface area contributed by atoms with Crippen LogP contribution in [0.15, 0.2) is 0 Å². The zero-order valence-electron chi connectivity index (χ0n) is 6.61. The van der Waals surface area contributed by atoms with Crippen LogP contribution in [0.4, 0.5) is 0 Å². The first-order valence-electron chi connectivity index (χ1n) is 3.36. The second-order valence-corrected chi connectivity index (χ2v) is 2.95. The van der Waals surface area contributed by atoms with Crippen molar-refractivity contribution >= 4 is 10.4 Å². The Morgan fingerprint density at radius 1 is 1.50 bits per heavy atom. The van der Waals surface area contributed by atoms with Gasteiger partial charge in [0.05, 0.1) is 0 Å². The first-order chi connectivity index (χ1) is 5.56. The van der Waals surface area contributed by atoms with Crippen molar-refractivity contribution in [2.75, 3.05) is 0 Å². The summed E-state index contributed by atoms with van der Waals surface area (Å²) in [5.41, 5.74) is 0. The van der Waals surface area contributed by atoms with E-state index in [2.05, 4.69) is 15.1 Å². The summed E-state index contributed by atoms with van der Waals surface area (Å²) >= 11 is 0. The second kappa shape index (κ2) is 5.83. The molecule has 0 rings (SSSR count). The van der Waals surface area contributed by atoms with Crippen LogP contribution in [-0.2, 0) is 19.6 Å². The summed E-state index contributed by atoms with van der Waals surface area (Å²) in [5, 5.41) is 0. The molecule has 0 aliphatic rings. The molecule has 0 radical (unpaired) electrons.